The van der Waals surface area contributed by atoms with Crippen molar-refractivity contribution in [2.45, 2.75) is 55.5 Å². The SMILES string of the molecule is COc1cc(N2CCC(N3CCN(C(=O)CCCSc4cccc5c4C(=O)N(C4CCC(=O)NC4=O)C5=O)CC3)CC2)ccc1Nc1ncc(Cl)c(Nc2ccccc2P(C)(C)=O)n1. The fraction of sp³-hybridized carbons (Fsp3) is 0.400. The zero-order valence-electron chi connectivity index (χ0n) is 36.0. The molecule has 3 aromatic carbocycles. The minimum atomic E-state index is -2.56. The van der Waals surface area contributed by atoms with Crippen LogP contribution in [0.1, 0.15) is 59.2 Å². The number of fused-ring (bicyclic) bond motifs is 1. The second-order valence-electron chi connectivity index (χ2n) is 16.6. The Morgan fingerprint density at radius 1 is 0.922 bits per heavy atom. The van der Waals surface area contributed by atoms with E-state index in [0.29, 0.717) is 81.8 Å². The number of nitrogens with zero attached hydrogens (tertiary/aromatic N) is 6. The topological polar surface area (TPSA) is 186 Å². The van der Waals surface area contributed by atoms with Crippen LogP contribution in [0.2, 0.25) is 5.02 Å². The number of piperidine rings is 2. The normalized spacial score (nSPS) is 18.6. The molecule has 1 atom stereocenters. The van der Waals surface area contributed by atoms with Gasteiger partial charge in [-0.15, -0.1) is 11.8 Å². The number of halogens is 1. The lowest BCUT2D eigenvalue weighted by Gasteiger charge is -2.43. The standard InChI is InChI=1S/C45H51ClN9O7PS/c1-62-35-26-29(13-14-32(35)49-45-47-27-31(46)41(51-45)48-33-9-4-5-10-36(33)63(2,3)61)52-19-17-28(18-20-52)53-21-23-54(24-22-53)39(57)12-7-25-64-37-11-6-8-30-40(37)44(60)55(43(30)59)34-15-16-38(56)50-42(34)58/h4-6,8-11,13-14,26-28,34H,7,12,15-25H2,1-3H3,(H,50,56,58)(H2,47,48,49,51). The number of rotatable bonds is 14. The number of nitrogens with one attached hydrogen (secondary N) is 3. The Morgan fingerprint density at radius 3 is 2.42 bits per heavy atom. The van der Waals surface area contributed by atoms with E-state index < -0.39 is 36.8 Å². The van der Waals surface area contributed by atoms with Crippen LogP contribution < -0.4 is 30.9 Å². The van der Waals surface area contributed by atoms with Crippen LogP contribution in [0.15, 0.2) is 71.8 Å². The molecule has 5 amide bonds. The third-order valence-corrected chi connectivity index (χ3v) is 15.1. The molecule has 5 heterocycles. The highest BCUT2D eigenvalue weighted by molar-refractivity contribution is 7.99. The number of anilines is 5. The molecular weight excluding hydrogens is 877 g/mol. The molecule has 16 nitrogen and oxygen atoms in total. The zero-order valence-corrected chi connectivity index (χ0v) is 38.4. The van der Waals surface area contributed by atoms with Crippen molar-refractivity contribution in [1.82, 2.24) is 30.0 Å². The van der Waals surface area contributed by atoms with E-state index in [0.717, 1.165) is 49.6 Å². The number of amides is 5. The van der Waals surface area contributed by atoms with Crippen LogP contribution in [0.4, 0.5) is 28.8 Å². The van der Waals surface area contributed by atoms with Crippen molar-refractivity contribution < 1.29 is 33.3 Å². The summed E-state index contributed by atoms with van der Waals surface area (Å²) in [6, 6.07) is 17.9. The molecule has 3 saturated heterocycles. The average molecular weight is 928 g/mol. The van der Waals surface area contributed by atoms with Gasteiger partial charge in [0.15, 0.2) is 5.82 Å². The molecule has 4 aliphatic heterocycles. The monoisotopic (exact) mass is 927 g/mol. The number of piperazine rings is 1. The number of ether oxygens (including phenoxy) is 1. The van der Waals surface area contributed by atoms with Crippen LogP contribution in [-0.4, -0.2) is 132 Å². The maximum absolute atomic E-state index is 13.4. The quantitative estimate of drug-likeness (QED) is 0.0582. The number of aromatic nitrogens is 2. The second kappa shape index (κ2) is 19.3. The summed E-state index contributed by atoms with van der Waals surface area (Å²) in [5, 5.41) is 9.75. The molecule has 0 saturated carbocycles. The van der Waals surface area contributed by atoms with Crippen LogP contribution in [0.5, 0.6) is 5.75 Å². The summed E-state index contributed by atoms with van der Waals surface area (Å²) in [6.45, 7) is 8.22. The van der Waals surface area contributed by atoms with Gasteiger partial charge in [-0.1, -0.05) is 29.8 Å². The summed E-state index contributed by atoms with van der Waals surface area (Å²) < 4.78 is 18.7. The minimum Gasteiger partial charge on any atom is -0.494 e. The highest BCUT2D eigenvalue weighted by Crippen LogP contribution is 2.40. The van der Waals surface area contributed by atoms with Gasteiger partial charge in [0, 0.05) is 80.1 Å². The van der Waals surface area contributed by atoms with Gasteiger partial charge in [0.05, 0.1) is 35.8 Å². The van der Waals surface area contributed by atoms with Crippen molar-refractivity contribution in [1.29, 1.82) is 0 Å². The Hall–Kier alpha value is -5.48. The predicted molar refractivity (Wildman–Crippen MR) is 249 cm³/mol. The molecule has 4 aromatic rings. The number of hydrogen-bond acceptors (Lipinski definition) is 14. The average Bonchev–Trinajstić information content (AvgIpc) is 3.55. The predicted octanol–water partition coefficient (Wildman–Crippen LogP) is 5.96. The van der Waals surface area contributed by atoms with Gasteiger partial charge in [-0.25, -0.2) is 4.98 Å². The molecule has 336 valence electrons. The third-order valence-electron chi connectivity index (χ3n) is 12.1. The summed E-state index contributed by atoms with van der Waals surface area (Å²) in [6.07, 6.45) is 4.68. The van der Waals surface area contributed by atoms with Gasteiger partial charge < -0.3 is 29.7 Å². The van der Waals surface area contributed by atoms with Crippen molar-refractivity contribution in [2.24, 2.45) is 0 Å². The third kappa shape index (κ3) is 9.77. The molecule has 19 heteroatoms. The molecular formula is C45H51ClN9O7PS. The van der Waals surface area contributed by atoms with E-state index in [9.17, 15) is 28.5 Å². The van der Waals surface area contributed by atoms with Gasteiger partial charge >= 0.3 is 0 Å². The molecule has 0 aliphatic carbocycles. The maximum Gasteiger partial charge on any atom is 0.263 e. The first-order valence-electron chi connectivity index (χ1n) is 21.4. The number of para-hydroxylation sites is 1. The Balaban J connectivity index is 0.783. The van der Waals surface area contributed by atoms with Crippen molar-refractivity contribution >= 4 is 94.2 Å². The van der Waals surface area contributed by atoms with Gasteiger partial charge in [-0.05, 0) is 81.2 Å². The first kappa shape index (κ1) is 45.1. The van der Waals surface area contributed by atoms with E-state index in [1.807, 2.05) is 41.3 Å². The number of benzene rings is 3. The number of thioether (sulfide) groups is 1. The molecule has 1 unspecified atom stereocenters. The summed E-state index contributed by atoms with van der Waals surface area (Å²) in [5.74, 6) is -0.0620. The second-order valence-corrected chi connectivity index (χ2v) is 21.3. The van der Waals surface area contributed by atoms with Gasteiger partial charge in [0.2, 0.25) is 23.7 Å². The molecule has 0 radical (unpaired) electrons. The number of hydrogen-bond donors (Lipinski definition) is 3. The van der Waals surface area contributed by atoms with Gasteiger partial charge in [0.1, 0.15) is 24.0 Å². The van der Waals surface area contributed by atoms with Gasteiger partial charge in [0.25, 0.3) is 11.8 Å². The van der Waals surface area contributed by atoms with Crippen LogP contribution >= 0.6 is 30.5 Å². The minimum absolute atomic E-state index is 0.0641. The zero-order chi connectivity index (χ0) is 45.1. The fourth-order valence-corrected chi connectivity index (χ4v) is 11.1. The van der Waals surface area contributed by atoms with Crippen molar-refractivity contribution in [3.8, 4) is 5.75 Å². The largest absolute Gasteiger partial charge is 0.494 e. The smallest absolute Gasteiger partial charge is 0.263 e. The van der Waals surface area contributed by atoms with Crippen LogP contribution in [-0.2, 0) is 18.9 Å². The molecule has 0 spiro atoms. The Morgan fingerprint density at radius 2 is 1.69 bits per heavy atom. The number of methoxy groups -OCH3 is 1. The highest BCUT2D eigenvalue weighted by atomic mass is 35.5. The lowest BCUT2D eigenvalue weighted by atomic mass is 10.0. The van der Waals surface area contributed by atoms with Crippen molar-refractivity contribution in [3.63, 3.8) is 0 Å². The summed E-state index contributed by atoms with van der Waals surface area (Å²) >= 11 is 7.90. The summed E-state index contributed by atoms with van der Waals surface area (Å²) in [4.78, 5) is 81.4. The lowest BCUT2D eigenvalue weighted by Crippen LogP contribution is -2.54. The van der Waals surface area contributed by atoms with Gasteiger partial charge in [-0.3, -0.25) is 39.1 Å². The lowest BCUT2D eigenvalue weighted by molar-refractivity contribution is -0.136. The van der Waals surface area contributed by atoms with Crippen LogP contribution in [0.25, 0.3) is 0 Å². The molecule has 8 rings (SSSR count). The molecule has 0 bridgehead atoms. The van der Waals surface area contributed by atoms with Crippen molar-refractivity contribution in [3.05, 3.63) is 83.0 Å². The summed E-state index contributed by atoms with van der Waals surface area (Å²) in [5.41, 5.74) is 2.95. The van der Waals surface area contributed by atoms with E-state index in [1.54, 1.807) is 38.6 Å². The number of carbonyl (C=O) groups excluding carboxylic acids is 5. The Bertz CT molecular complexity index is 2530. The maximum atomic E-state index is 13.4. The number of imide groups is 2. The summed E-state index contributed by atoms with van der Waals surface area (Å²) in [7, 11) is -0.935. The first-order chi connectivity index (χ1) is 30.8. The number of carbonyl (C=O) groups is 5. The highest BCUT2D eigenvalue weighted by Gasteiger charge is 2.45. The molecule has 4 aliphatic rings. The van der Waals surface area contributed by atoms with E-state index in [2.05, 4.69) is 41.8 Å². The van der Waals surface area contributed by atoms with Crippen molar-refractivity contribution in [2.75, 3.05) is 81.0 Å². The van der Waals surface area contributed by atoms with E-state index in [1.165, 1.54) is 18.0 Å². The Kier molecular flexibility index (Phi) is 13.6. The van der Waals surface area contributed by atoms with E-state index in [4.69, 9.17) is 16.3 Å². The van der Waals surface area contributed by atoms with E-state index in [-0.39, 0.29) is 29.9 Å². The van der Waals surface area contributed by atoms with Crippen LogP contribution in [0.3, 0.4) is 0 Å². The molecule has 64 heavy (non-hydrogen) atoms. The Labute approximate surface area is 381 Å². The molecule has 1 aromatic heterocycles. The van der Waals surface area contributed by atoms with Gasteiger partial charge in [-0.2, -0.15) is 4.98 Å². The molecule has 3 N–H and O–H groups in total. The van der Waals surface area contributed by atoms with E-state index >= 15 is 0 Å². The fourth-order valence-electron chi connectivity index (χ4n) is 8.79. The first-order valence-corrected chi connectivity index (χ1v) is 25.4. The van der Waals surface area contributed by atoms with Crippen LogP contribution in [0, 0.1) is 0 Å². The molecule has 3 fully saturated rings.